The minimum Gasteiger partial charge on any atom is -0.466 e. The molecule has 1 rings (SSSR count). The highest BCUT2D eigenvalue weighted by atomic mass is 16.5. The molecular weight excluding hydrogens is 176 g/mol. The van der Waals surface area contributed by atoms with Crippen molar-refractivity contribution in [1.82, 2.24) is 0 Å². The number of hydrogen-bond acceptors (Lipinski definition) is 2. The Hall–Kier alpha value is -1.01. The summed E-state index contributed by atoms with van der Waals surface area (Å²) in [6.45, 7) is 8.32. The lowest BCUT2D eigenvalue weighted by molar-refractivity contribution is -0.144. The number of ether oxygens (including phenoxy) is 1. The van der Waals surface area contributed by atoms with Gasteiger partial charge in [0, 0.05) is 12.8 Å². The number of rotatable bonds is 2. The summed E-state index contributed by atoms with van der Waals surface area (Å²) in [7, 11) is 0. The van der Waals surface area contributed by atoms with Gasteiger partial charge in [0.15, 0.2) is 0 Å². The third kappa shape index (κ3) is 2.08. The van der Waals surface area contributed by atoms with Crippen LogP contribution in [0.15, 0.2) is 17.4 Å². The Kier molecular flexibility index (Phi) is 3.17. The maximum absolute atomic E-state index is 10.7. The zero-order chi connectivity index (χ0) is 10.8. The van der Waals surface area contributed by atoms with Crippen molar-refractivity contribution in [1.29, 1.82) is 0 Å². The Morgan fingerprint density at radius 2 is 2.36 bits per heavy atom. The van der Waals surface area contributed by atoms with Crippen molar-refractivity contribution in [2.24, 2.45) is 11.3 Å². The summed E-state index contributed by atoms with van der Waals surface area (Å²) in [5.74, 6) is 0.262. The standard InChI is InChI=1S/C12H18O2/c1-5-6-10-7-11(12(10,3)4)8-14-9(2)13/h5,11H,7-8H2,1-4H3. The van der Waals surface area contributed by atoms with Gasteiger partial charge in [-0.05, 0) is 30.4 Å². The summed E-state index contributed by atoms with van der Waals surface area (Å²) in [6, 6.07) is 0. The molecule has 0 N–H and O–H groups in total. The molecule has 1 aliphatic carbocycles. The molecule has 78 valence electrons. The molecule has 1 saturated carbocycles. The molecule has 0 spiro atoms. The predicted molar refractivity (Wildman–Crippen MR) is 55.8 cm³/mol. The molecule has 14 heavy (non-hydrogen) atoms. The Morgan fingerprint density at radius 3 is 2.79 bits per heavy atom. The van der Waals surface area contributed by atoms with Crippen LogP contribution in [0, 0.1) is 11.3 Å². The van der Waals surface area contributed by atoms with Crippen LogP contribution in [0.2, 0.25) is 0 Å². The Morgan fingerprint density at radius 1 is 1.71 bits per heavy atom. The Bertz CT molecular complexity index is 293. The average molecular weight is 194 g/mol. The van der Waals surface area contributed by atoms with E-state index in [4.69, 9.17) is 4.74 Å². The molecular formula is C12H18O2. The molecule has 0 aromatic rings. The second-order valence-electron chi connectivity index (χ2n) is 4.34. The van der Waals surface area contributed by atoms with Gasteiger partial charge in [0.25, 0.3) is 0 Å². The Labute approximate surface area is 85.6 Å². The molecule has 0 bridgehead atoms. The van der Waals surface area contributed by atoms with E-state index in [9.17, 15) is 4.79 Å². The highest BCUT2D eigenvalue weighted by Crippen LogP contribution is 2.50. The van der Waals surface area contributed by atoms with Crippen molar-refractivity contribution in [3.05, 3.63) is 17.4 Å². The first-order valence-corrected chi connectivity index (χ1v) is 5.02. The lowest BCUT2D eigenvalue weighted by Gasteiger charge is -2.45. The Balaban J connectivity index is 2.55. The van der Waals surface area contributed by atoms with Gasteiger partial charge in [-0.2, -0.15) is 0 Å². The number of carbonyl (C=O) groups excluding carboxylic acids is 1. The fourth-order valence-corrected chi connectivity index (χ4v) is 1.78. The zero-order valence-electron chi connectivity index (χ0n) is 9.39. The molecule has 0 radical (unpaired) electrons. The van der Waals surface area contributed by atoms with Crippen molar-refractivity contribution in [3.8, 4) is 0 Å². The quantitative estimate of drug-likeness (QED) is 0.499. The van der Waals surface area contributed by atoms with Crippen LogP contribution in [0.3, 0.4) is 0 Å². The first-order valence-electron chi connectivity index (χ1n) is 5.02. The molecule has 1 unspecified atom stereocenters. The van der Waals surface area contributed by atoms with E-state index in [0.29, 0.717) is 12.5 Å². The highest BCUT2D eigenvalue weighted by molar-refractivity contribution is 5.65. The summed E-state index contributed by atoms with van der Waals surface area (Å²) in [4.78, 5) is 10.7. The number of allylic oxidation sites excluding steroid dienone is 1. The van der Waals surface area contributed by atoms with Crippen molar-refractivity contribution < 1.29 is 9.53 Å². The van der Waals surface area contributed by atoms with Crippen LogP contribution in [-0.2, 0) is 9.53 Å². The second kappa shape index (κ2) is 4.02. The number of hydrogen-bond donors (Lipinski definition) is 0. The summed E-state index contributed by atoms with van der Waals surface area (Å²) >= 11 is 0. The smallest absolute Gasteiger partial charge is 0.302 e. The van der Waals surface area contributed by atoms with Crippen molar-refractivity contribution in [2.45, 2.75) is 34.1 Å². The highest BCUT2D eigenvalue weighted by Gasteiger charge is 2.43. The van der Waals surface area contributed by atoms with Crippen LogP contribution in [0.5, 0.6) is 0 Å². The number of esters is 1. The van der Waals surface area contributed by atoms with E-state index in [2.05, 4.69) is 19.6 Å². The predicted octanol–water partition coefficient (Wildman–Crippen LogP) is 2.70. The van der Waals surface area contributed by atoms with E-state index in [0.717, 1.165) is 6.42 Å². The van der Waals surface area contributed by atoms with Crippen molar-refractivity contribution in [3.63, 3.8) is 0 Å². The van der Waals surface area contributed by atoms with E-state index in [1.54, 1.807) is 0 Å². The maximum atomic E-state index is 10.7. The monoisotopic (exact) mass is 194 g/mol. The fraction of sp³-hybridized carbons (Fsp3) is 0.667. The minimum absolute atomic E-state index is 0.141. The molecule has 2 heteroatoms. The molecule has 1 fully saturated rings. The van der Waals surface area contributed by atoms with Gasteiger partial charge in [-0.15, -0.1) is 5.73 Å². The van der Waals surface area contributed by atoms with Gasteiger partial charge in [-0.1, -0.05) is 13.8 Å². The molecule has 0 aliphatic heterocycles. The van der Waals surface area contributed by atoms with Crippen LogP contribution < -0.4 is 0 Å². The number of carbonyl (C=O) groups is 1. The topological polar surface area (TPSA) is 26.3 Å². The van der Waals surface area contributed by atoms with Gasteiger partial charge in [0.05, 0.1) is 6.61 Å². The van der Waals surface area contributed by atoms with Gasteiger partial charge in [-0.25, -0.2) is 0 Å². The minimum atomic E-state index is -0.190. The molecule has 1 aliphatic rings. The van der Waals surface area contributed by atoms with Crippen LogP contribution in [-0.4, -0.2) is 12.6 Å². The summed E-state index contributed by atoms with van der Waals surface area (Å²) in [6.07, 6.45) is 2.95. The molecule has 0 amide bonds. The first kappa shape index (κ1) is 11.1. The van der Waals surface area contributed by atoms with Gasteiger partial charge < -0.3 is 4.74 Å². The van der Waals surface area contributed by atoms with Crippen molar-refractivity contribution in [2.75, 3.05) is 6.61 Å². The molecule has 0 aromatic carbocycles. The van der Waals surface area contributed by atoms with E-state index in [-0.39, 0.29) is 11.4 Å². The van der Waals surface area contributed by atoms with E-state index < -0.39 is 0 Å². The van der Waals surface area contributed by atoms with Crippen molar-refractivity contribution >= 4 is 5.97 Å². The fourth-order valence-electron chi connectivity index (χ4n) is 1.78. The van der Waals surface area contributed by atoms with Gasteiger partial charge >= 0.3 is 5.97 Å². The van der Waals surface area contributed by atoms with Crippen LogP contribution >= 0.6 is 0 Å². The van der Waals surface area contributed by atoms with E-state index in [1.807, 2.05) is 13.0 Å². The van der Waals surface area contributed by atoms with E-state index in [1.165, 1.54) is 12.5 Å². The van der Waals surface area contributed by atoms with Gasteiger partial charge in [0.1, 0.15) is 0 Å². The average Bonchev–Trinajstić information content (AvgIpc) is 2.09. The molecule has 1 atom stereocenters. The maximum Gasteiger partial charge on any atom is 0.302 e. The third-order valence-corrected chi connectivity index (χ3v) is 3.06. The third-order valence-electron chi connectivity index (χ3n) is 3.06. The largest absolute Gasteiger partial charge is 0.466 e. The molecule has 0 saturated heterocycles. The SMILES string of the molecule is CC=C=C1CC(COC(C)=O)C1(C)C. The van der Waals surface area contributed by atoms with Gasteiger partial charge in [-0.3, -0.25) is 4.79 Å². The van der Waals surface area contributed by atoms with Crippen LogP contribution in [0.25, 0.3) is 0 Å². The summed E-state index contributed by atoms with van der Waals surface area (Å²) < 4.78 is 5.02. The lowest BCUT2D eigenvalue weighted by Crippen LogP contribution is -2.40. The van der Waals surface area contributed by atoms with Gasteiger partial charge in [0.2, 0.25) is 0 Å². The summed E-state index contributed by atoms with van der Waals surface area (Å²) in [5.41, 5.74) is 4.71. The first-order chi connectivity index (χ1) is 6.48. The van der Waals surface area contributed by atoms with Crippen LogP contribution in [0.1, 0.15) is 34.1 Å². The van der Waals surface area contributed by atoms with Crippen LogP contribution in [0.4, 0.5) is 0 Å². The summed E-state index contributed by atoms with van der Waals surface area (Å²) in [5, 5.41) is 0. The van der Waals surface area contributed by atoms with E-state index >= 15 is 0 Å². The molecule has 2 nitrogen and oxygen atoms in total. The lowest BCUT2D eigenvalue weighted by atomic mass is 9.59. The molecule has 0 heterocycles. The normalized spacial score (nSPS) is 23.4. The zero-order valence-corrected chi connectivity index (χ0v) is 9.39. The molecule has 0 aromatic heterocycles. The second-order valence-corrected chi connectivity index (χ2v) is 4.34.